The lowest BCUT2D eigenvalue weighted by atomic mass is 9.88. The van der Waals surface area contributed by atoms with Crippen molar-refractivity contribution in [1.29, 1.82) is 0 Å². The quantitative estimate of drug-likeness (QED) is 0.711. The molecule has 0 atom stereocenters. The molecule has 1 saturated heterocycles. The molecule has 0 spiro atoms. The minimum atomic E-state index is -4.53. The molecule has 2 aromatic rings. The van der Waals surface area contributed by atoms with Crippen molar-refractivity contribution in [1.82, 2.24) is 25.3 Å². The monoisotopic (exact) mass is 449 g/mol. The number of hydrogen-bond acceptors (Lipinski definition) is 4. The fourth-order valence-corrected chi connectivity index (χ4v) is 4.46. The molecule has 32 heavy (non-hydrogen) atoms. The molecule has 1 aliphatic carbocycles. The van der Waals surface area contributed by atoms with E-state index >= 15 is 0 Å². The number of benzene rings is 1. The first-order chi connectivity index (χ1) is 15.3. The number of nitrogens with one attached hydrogen (secondary N) is 2. The highest BCUT2D eigenvalue weighted by Crippen LogP contribution is 2.32. The molecule has 0 radical (unpaired) electrons. The van der Waals surface area contributed by atoms with Crippen LogP contribution in [0.25, 0.3) is 0 Å². The molecule has 2 heterocycles. The van der Waals surface area contributed by atoms with E-state index in [1.54, 1.807) is 6.20 Å². The fraction of sp³-hybridized carbons (Fsp3) is 0.500. The molecule has 1 aromatic carbocycles. The number of hydrogen-bond donors (Lipinski definition) is 2. The lowest BCUT2D eigenvalue weighted by Crippen LogP contribution is -2.63. The van der Waals surface area contributed by atoms with Crippen molar-refractivity contribution < 1.29 is 22.8 Å². The average molecular weight is 449 g/mol. The van der Waals surface area contributed by atoms with Crippen LogP contribution in [0.4, 0.5) is 13.2 Å². The van der Waals surface area contributed by atoms with Crippen molar-refractivity contribution in [2.75, 3.05) is 19.6 Å². The van der Waals surface area contributed by atoms with Crippen molar-refractivity contribution in [3.8, 4) is 0 Å². The third kappa shape index (κ3) is 5.29. The fourth-order valence-electron chi connectivity index (χ4n) is 4.46. The van der Waals surface area contributed by atoms with E-state index in [0.29, 0.717) is 12.1 Å². The van der Waals surface area contributed by atoms with Crippen molar-refractivity contribution in [3.05, 3.63) is 53.9 Å². The van der Waals surface area contributed by atoms with Gasteiger partial charge in [-0.05, 0) is 49.9 Å². The maximum absolute atomic E-state index is 12.8. The number of carbonyl (C=O) groups is 2. The van der Waals surface area contributed by atoms with E-state index in [1.165, 1.54) is 12.1 Å². The van der Waals surface area contributed by atoms with Crippen LogP contribution in [0.2, 0.25) is 0 Å². The zero-order valence-electron chi connectivity index (χ0n) is 17.5. The van der Waals surface area contributed by atoms with E-state index in [4.69, 9.17) is 0 Å². The lowest BCUT2D eigenvalue weighted by Gasteiger charge is -2.46. The van der Waals surface area contributed by atoms with E-state index < -0.39 is 17.6 Å². The molecule has 1 aliphatic heterocycles. The molecule has 1 aromatic heterocycles. The SMILES string of the molecule is O=C(CNC(=O)c1cccc(C(F)(F)F)c1)NC1CN([C@H]2CC[C@@H](n3cccn3)CC2)C1. The summed E-state index contributed by atoms with van der Waals surface area (Å²) >= 11 is 0. The van der Waals surface area contributed by atoms with Crippen LogP contribution in [-0.4, -0.2) is 58.2 Å². The largest absolute Gasteiger partial charge is 0.416 e. The molecule has 2 N–H and O–H groups in total. The normalized spacial score (nSPS) is 22.2. The van der Waals surface area contributed by atoms with Crippen LogP contribution in [-0.2, 0) is 11.0 Å². The number of alkyl halides is 3. The Kier molecular flexibility index (Phi) is 6.50. The highest BCUT2D eigenvalue weighted by molar-refractivity contribution is 5.96. The number of halogens is 3. The standard InChI is InChI=1S/C22H26F3N5O2/c23-22(24,25)16-4-1-3-15(11-16)21(32)26-12-20(31)28-17-13-29(14-17)18-5-7-19(8-6-18)30-10-2-9-27-30/h1-4,9-11,17-19H,5-8,12-14H2,(H,26,32)(H,28,31)/t18-,19+. The maximum Gasteiger partial charge on any atom is 0.416 e. The maximum atomic E-state index is 12.8. The van der Waals surface area contributed by atoms with Crippen molar-refractivity contribution in [2.45, 2.75) is 50.0 Å². The van der Waals surface area contributed by atoms with E-state index in [-0.39, 0.29) is 24.1 Å². The van der Waals surface area contributed by atoms with E-state index in [9.17, 15) is 22.8 Å². The summed E-state index contributed by atoms with van der Waals surface area (Å²) < 4.78 is 40.4. The van der Waals surface area contributed by atoms with Crippen LogP contribution >= 0.6 is 0 Å². The van der Waals surface area contributed by atoms with Gasteiger partial charge in [0.2, 0.25) is 5.91 Å². The van der Waals surface area contributed by atoms with Crippen molar-refractivity contribution in [2.24, 2.45) is 0 Å². The molecule has 2 amide bonds. The van der Waals surface area contributed by atoms with Crippen LogP contribution in [0.3, 0.4) is 0 Å². The van der Waals surface area contributed by atoms with Gasteiger partial charge >= 0.3 is 6.18 Å². The van der Waals surface area contributed by atoms with Gasteiger partial charge in [0, 0.05) is 37.1 Å². The average Bonchev–Trinajstić information content (AvgIpc) is 3.29. The summed E-state index contributed by atoms with van der Waals surface area (Å²) in [6.45, 7) is 1.26. The van der Waals surface area contributed by atoms with Crippen LogP contribution < -0.4 is 10.6 Å². The molecule has 4 rings (SSSR count). The zero-order valence-corrected chi connectivity index (χ0v) is 17.5. The third-order valence-electron chi connectivity index (χ3n) is 6.22. The minimum Gasteiger partial charge on any atom is -0.349 e. The Morgan fingerprint density at radius 1 is 1.06 bits per heavy atom. The highest BCUT2D eigenvalue weighted by Gasteiger charge is 2.35. The summed E-state index contributed by atoms with van der Waals surface area (Å²) in [6.07, 6.45) is 3.64. The van der Waals surface area contributed by atoms with Gasteiger partial charge in [-0.1, -0.05) is 6.07 Å². The van der Waals surface area contributed by atoms with Gasteiger partial charge in [0.25, 0.3) is 5.91 Å². The van der Waals surface area contributed by atoms with Crippen LogP contribution in [0.5, 0.6) is 0 Å². The van der Waals surface area contributed by atoms with E-state index in [1.807, 2.05) is 16.9 Å². The molecular formula is C22H26F3N5O2. The van der Waals surface area contributed by atoms with Gasteiger partial charge in [0.15, 0.2) is 0 Å². The van der Waals surface area contributed by atoms with Gasteiger partial charge in [-0.25, -0.2) is 0 Å². The van der Waals surface area contributed by atoms with Gasteiger partial charge in [0.05, 0.1) is 24.2 Å². The minimum absolute atomic E-state index is 0.0248. The lowest BCUT2D eigenvalue weighted by molar-refractivity contribution is -0.137. The number of nitrogens with zero attached hydrogens (tertiary/aromatic N) is 3. The Balaban J connectivity index is 1.15. The Hall–Kier alpha value is -2.88. The second-order valence-corrected chi connectivity index (χ2v) is 8.43. The number of amides is 2. The Morgan fingerprint density at radius 3 is 2.44 bits per heavy atom. The van der Waals surface area contributed by atoms with Crippen molar-refractivity contribution >= 4 is 11.8 Å². The summed E-state index contributed by atoms with van der Waals surface area (Å²) in [6, 6.07) is 7.06. The van der Waals surface area contributed by atoms with E-state index in [0.717, 1.165) is 50.9 Å². The third-order valence-corrected chi connectivity index (χ3v) is 6.22. The summed E-state index contributed by atoms with van der Waals surface area (Å²) in [5.41, 5.74) is -1.03. The molecule has 10 heteroatoms. The Morgan fingerprint density at radius 2 is 1.78 bits per heavy atom. The Bertz CT molecular complexity index is 933. The summed E-state index contributed by atoms with van der Waals surface area (Å²) in [4.78, 5) is 26.6. The number of carbonyl (C=O) groups excluding carboxylic acids is 2. The molecule has 7 nitrogen and oxygen atoms in total. The predicted molar refractivity (Wildman–Crippen MR) is 111 cm³/mol. The van der Waals surface area contributed by atoms with Crippen LogP contribution in [0.15, 0.2) is 42.7 Å². The first-order valence-electron chi connectivity index (χ1n) is 10.8. The second-order valence-electron chi connectivity index (χ2n) is 8.43. The highest BCUT2D eigenvalue weighted by atomic mass is 19.4. The molecule has 1 saturated carbocycles. The number of likely N-dealkylation sites (tertiary alicyclic amines) is 1. The first kappa shape index (κ1) is 22.3. The molecule has 0 unspecified atom stereocenters. The summed E-state index contributed by atoms with van der Waals surface area (Å²) in [7, 11) is 0. The second kappa shape index (κ2) is 9.32. The van der Waals surface area contributed by atoms with Gasteiger partial charge in [-0.3, -0.25) is 19.2 Å². The summed E-state index contributed by atoms with van der Waals surface area (Å²) in [5.74, 6) is -1.06. The molecule has 2 aliphatic rings. The van der Waals surface area contributed by atoms with Crippen LogP contribution in [0, 0.1) is 0 Å². The van der Waals surface area contributed by atoms with Crippen molar-refractivity contribution in [3.63, 3.8) is 0 Å². The van der Waals surface area contributed by atoms with Crippen LogP contribution in [0.1, 0.15) is 47.6 Å². The first-order valence-corrected chi connectivity index (χ1v) is 10.8. The van der Waals surface area contributed by atoms with Gasteiger partial charge < -0.3 is 10.6 Å². The van der Waals surface area contributed by atoms with Gasteiger partial charge in [-0.2, -0.15) is 18.3 Å². The molecular weight excluding hydrogens is 423 g/mol. The topological polar surface area (TPSA) is 79.3 Å². The molecule has 172 valence electrons. The Labute approximate surface area is 184 Å². The smallest absolute Gasteiger partial charge is 0.349 e. The van der Waals surface area contributed by atoms with Gasteiger partial charge in [0.1, 0.15) is 0 Å². The number of rotatable bonds is 6. The predicted octanol–water partition coefficient (Wildman–Crippen LogP) is 2.62. The zero-order chi connectivity index (χ0) is 22.7. The summed E-state index contributed by atoms with van der Waals surface area (Å²) in [5, 5.41) is 9.58. The molecule has 2 fully saturated rings. The number of aromatic nitrogens is 2. The molecule has 0 bridgehead atoms. The van der Waals surface area contributed by atoms with Gasteiger partial charge in [-0.15, -0.1) is 0 Å². The van der Waals surface area contributed by atoms with E-state index in [2.05, 4.69) is 20.6 Å².